The quantitative estimate of drug-likeness (QED) is 0.720. The van der Waals surface area contributed by atoms with Crippen LogP contribution in [0.15, 0.2) is 54.6 Å². The topological polar surface area (TPSA) is 68.4 Å². The summed E-state index contributed by atoms with van der Waals surface area (Å²) in [4.78, 5) is 4.47. The number of nitrogens with two attached hydrogens (primary N) is 1. The Bertz CT molecular complexity index is 772. The van der Waals surface area contributed by atoms with Crippen molar-refractivity contribution < 1.29 is 9.84 Å². The van der Waals surface area contributed by atoms with Crippen LogP contribution in [0.25, 0.3) is 10.9 Å². The summed E-state index contributed by atoms with van der Waals surface area (Å²) in [7, 11) is 0. The van der Waals surface area contributed by atoms with Gasteiger partial charge in [0.05, 0.1) is 5.52 Å². The molecule has 0 saturated heterocycles. The number of hydrogen-bond acceptors (Lipinski definition) is 4. The Morgan fingerprint density at radius 3 is 2.76 bits per heavy atom. The van der Waals surface area contributed by atoms with Gasteiger partial charge in [-0.05, 0) is 42.3 Å². The van der Waals surface area contributed by atoms with E-state index in [9.17, 15) is 0 Å². The maximum absolute atomic E-state index is 9.09. The lowest BCUT2D eigenvalue weighted by Crippen LogP contribution is -1.96. The van der Waals surface area contributed by atoms with E-state index in [0.29, 0.717) is 23.7 Å². The van der Waals surface area contributed by atoms with Gasteiger partial charge in [0, 0.05) is 23.7 Å². The fourth-order valence-electron chi connectivity index (χ4n) is 2.23. The Hall–Kier alpha value is -2.59. The van der Waals surface area contributed by atoms with E-state index in [2.05, 4.69) is 4.98 Å². The summed E-state index contributed by atoms with van der Waals surface area (Å²) < 4.78 is 5.85. The number of rotatable bonds is 4. The number of para-hydroxylation sites is 1. The number of pyridine rings is 1. The first kappa shape index (κ1) is 13.4. The predicted octanol–water partition coefficient (Wildman–Crippen LogP) is 3.14. The van der Waals surface area contributed by atoms with Gasteiger partial charge in [0.25, 0.3) is 0 Å². The van der Waals surface area contributed by atoms with Crippen molar-refractivity contribution in [3.8, 4) is 11.6 Å². The van der Waals surface area contributed by atoms with E-state index in [1.807, 2.05) is 54.6 Å². The molecule has 0 spiro atoms. The van der Waals surface area contributed by atoms with Crippen LogP contribution in [0.5, 0.6) is 11.6 Å². The zero-order valence-corrected chi connectivity index (χ0v) is 11.5. The molecule has 2 aromatic carbocycles. The Morgan fingerprint density at radius 2 is 1.90 bits per heavy atom. The van der Waals surface area contributed by atoms with Crippen LogP contribution in [0.2, 0.25) is 0 Å². The van der Waals surface area contributed by atoms with Crippen LogP contribution in [0.1, 0.15) is 5.56 Å². The number of ether oxygens (including phenoxy) is 1. The Morgan fingerprint density at radius 1 is 1.05 bits per heavy atom. The van der Waals surface area contributed by atoms with Crippen molar-refractivity contribution in [3.05, 3.63) is 60.2 Å². The van der Waals surface area contributed by atoms with Crippen molar-refractivity contribution in [1.82, 2.24) is 4.98 Å². The van der Waals surface area contributed by atoms with Gasteiger partial charge in [0.2, 0.25) is 5.88 Å². The van der Waals surface area contributed by atoms with Crippen molar-refractivity contribution in [1.29, 1.82) is 0 Å². The number of aromatic nitrogens is 1. The molecular formula is C17H16N2O2. The van der Waals surface area contributed by atoms with E-state index >= 15 is 0 Å². The van der Waals surface area contributed by atoms with Gasteiger partial charge in [-0.3, -0.25) is 0 Å². The second kappa shape index (κ2) is 5.81. The maximum atomic E-state index is 9.09. The molecule has 106 valence electrons. The normalized spacial score (nSPS) is 10.7. The first-order valence-corrected chi connectivity index (χ1v) is 6.79. The van der Waals surface area contributed by atoms with Crippen molar-refractivity contribution in [3.63, 3.8) is 0 Å². The zero-order chi connectivity index (χ0) is 14.7. The average molecular weight is 280 g/mol. The molecule has 21 heavy (non-hydrogen) atoms. The van der Waals surface area contributed by atoms with Gasteiger partial charge in [-0.15, -0.1) is 0 Å². The number of aliphatic hydroxyl groups is 1. The third-order valence-corrected chi connectivity index (χ3v) is 3.26. The number of nitrogen functional groups attached to an aromatic ring is 1. The minimum Gasteiger partial charge on any atom is -0.439 e. The van der Waals surface area contributed by atoms with E-state index in [1.54, 1.807) is 0 Å². The smallest absolute Gasteiger partial charge is 0.219 e. The van der Waals surface area contributed by atoms with Crippen molar-refractivity contribution >= 4 is 16.6 Å². The molecule has 3 rings (SSSR count). The fraction of sp³-hybridized carbons (Fsp3) is 0.118. The van der Waals surface area contributed by atoms with E-state index in [4.69, 9.17) is 15.6 Å². The summed E-state index contributed by atoms with van der Waals surface area (Å²) in [6, 6.07) is 17.0. The maximum Gasteiger partial charge on any atom is 0.219 e. The first-order valence-electron chi connectivity index (χ1n) is 6.79. The van der Waals surface area contributed by atoms with E-state index in [1.165, 1.54) is 0 Å². The Labute approximate surface area is 122 Å². The van der Waals surface area contributed by atoms with Crippen LogP contribution in [-0.2, 0) is 6.42 Å². The van der Waals surface area contributed by atoms with E-state index < -0.39 is 0 Å². The molecule has 0 bridgehead atoms. The van der Waals surface area contributed by atoms with Crippen LogP contribution in [0.4, 0.5) is 5.69 Å². The highest BCUT2D eigenvalue weighted by atomic mass is 16.5. The second-order valence-electron chi connectivity index (χ2n) is 4.79. The third-order valence-electron chi connectivity index (χ3n) is 3.26. The molecule has 0 radical (unpaired) electrons. The molecule has 0 aliphatic rings. The van der Waals surface area contributed by atoms with Gasteiger partial charge >= 0.3 is 0 Å². The highest BCUT2D eigenvalue weighted by Gasteiger charge is 2.06. The van der Waals surface area contributed by atoms with Crippen molar-refractivity contribution in [2.45, 2.75) is 6.42 Å². The van der Waals surface area contributed by atoms with Crippen LogP contribution in [-0.4, -0.2) is 16.7 Å². The summed E-state index contributed by atoms with van der Waals surface area (Å²) in [5, 5.41) is 10.1. The molecule has 0 aliphatic heterocycles. The monoisotopic (exact) mass is 280 g/mol. The minimum atomic E-state index is 0.0881. The van der Waals surface area contributed by atoms with Gasteiger partial charge in [-0.1, -0.05) is 18.2 Å². The van der Waals surface area contributed by atoms with Gasteiger partial charge in [-0.25, -0.2) is 4.98 Å². The van der Waals surface area contributed by atoms with Gasteiger partial charge in [0.15, 0.2) is 0 Å². The Balaban J connectivity index is 1.93. The molecule has 1 heterocycles. The number of fused-ring (bicyclic) bond motifs is 1. The number of aliphatic hydroxyl groups excluding tert-OH is 1. The molecule has 0 amide bonds. The van der Waals surface area contributed by atoms with Crippen LogP contribution in [0, 0.1) is 0 Å². The number of hydrogen-bond donors (Lipinski definition) is 2. The molecule has 4 heteroatoms. The van der Waals surface area contributed by atoms with E-state index in [0.717, 1.165) is 16.5 Å². The largest absolute Gasteiger partial charge is 0.439 e. The summed E-state index contributed by atoms with van der Waals surface area (Å²) in [6.07, 6.45) is 0.556. The minimum absolute atomic E-state index is 0.0881. The summed E-state index contributed by atoms with van der Waals surface area (Å²) in [6.45, 7) is 0.0881. The molecule has 3 aromatic rings. The number of anilines is 1. The molecule has 0 atom stereocenters. The van der Waals surface area contributed by atoms with Crippen LogP contribution in [0.3, 0.4) is 0 Å². The number of nitrogens with zero attached hydrogens (tertiary/aromatic N) is 1. The molecule has 4 nitrogen and oxygen atoms in total. The van der Waals surface area contributed by atoms with Crippen molar-refractivity contribution in [2.24, 2.45) is 0 Å². The zero-order valence-electron chi connectivity index (χ0n) is 11.5. The molecule has 0 saturated carbocycles. The summed E-state index contributed by atoms with van der Waals surface area (Å²) >= 11 is 0. The van der Waals surface area contributed by atoms with Crippen molar-refractivity contribution in [2.75, 3.05) is 12.3 Å². The lowest BCUT2D eigenvalue weighted by atomic mass is 10.1. The molecule has 0 unspecified atom stereocenters. The lowest BCUT2D eigenvalue weighted by Gasteiger charge is -2.10. The average Bonchev–Trinajstić information content (AvgIpc) is 2.50. The molecule has 0 aliphatic carbocycles. The Kier molecular flexibility index (Phi) is 3.71. The fourth-order valence-corrected chi connectivity index (χ4v) is 2.23. The third kappa shape index (κ3) is 2.95. The molecule has 1 aromatic heterocycles. The van der Waals surface area contributed by atoms with Gasteiger partial charge < -0.3 is 15.6 Å². The highest BCUT2D eigenvalue weighted by Crippen LogP contribution is 2.26. The lowest BCUT2D eigenvalue weighted by molar-refractivity contribution is 0.297. The number of benzene rings is 2. The first-order chi connectivity index (χ1) is 10.3. The SMILES string of the molecule is Nc1ccc2nc(Oc3ccccc3CCO)ccc2c1. The predicted molar refractivity (Wildman–Crippen MR) is 83.5 cm³/mol. The molecule has 0 fully saturated rings. The molecule has 3 N–H and O–H groups in total. The van der Waals surface area contributed by atoms with Gasteiger partial charge in [0.1, 0.15) is 5.75 Å². The summed E-state index contributed by atoms with van der Waals surface area (Å²) in [5.74, 6) is 1.24. The second-order valence-corrected chi connectivity index (χ2v) is 4.79. The van der Waals surface area contributed by atoms with Crippen LogP contribution >= 0.6 is 0 Å². The van der Waals surface area contributed by atoms with Crippen LogP contribution < -0.4 is 10.5 Å². The summed E-state index contributed by atoms with van der Waals surface area (Å²) in [5.41, 5.74) is 8.26. The van der Waals surface area contributed by atoms with Gasteiger partial charge in [-0.2, -0.15) is 0 Å². The molecular weight excluding hydrogens is 264 g/mol. The highest BCUT2D eigenvalue weighted by molar-refractivity contribution is 5.82. The van der Waals surface area contributed by atoms with E-state index in [-0.39, 0.29) is 6.61 Å². The standard InChI is InChI=1S/C17H16N2O2/c18-14-6-7-15-13(11-14)5-8-17(19-15)21-16-4-2-1-3-12(16)9-10-20/h1-8,11,20H,9-10,18H2.